The van der Waals surface area contributed by atoms with E-state index in [-0.39, 0.29) is 5.75 Å². The number of anilines is 2. The molecule has 0 heterocycles. The molecule has 7 heteroatoms. The maximum absolute atomic E-state index is 10.7. The summed E-state index contributed by atoms with van der Waals surface area (Å²) in [6, 6.07) is 5.34. The van der Waals surface area contributed by atoms with Gasteiger partial charge in [0, 0.05) is 18.3 Å². The minimum Gasteiger partial charge on any atom is -0.492 e. The molecule has 6 nitrogen and oxygen atoms in total. The first-order valence-electron chi connectivity index (χ1n) is 5.69. The van der Waals surface area contributed by atoms with Gasteiger partial charge in [-0.15, -0.1) is 0 Å². The van der Waals surface area contributed by atoms with Crippen LogP contribution < -0.4 is 20.9 Å². The van der Waals surface area contributed by atoms with Crippen molar-refractivity contribution in [3.05, 3.63) is 18.2 Å². The third kappa shape index (κ3) is 5.24. The van der Waals surface area contributed by atoms with Gasteiger partial charge < -0.3 is 15.8 Å². The van der Waals surface area contributed by atoms with Gasteiger partial charge in [0.25, 0.3) is 0 Å². The number of rotatable bonds is 7. The van der Waals surface area contributed by atoms with Crippen molar-refractivity contribution in [2.45, 2.75) is 13.3 Å². The van der Waals surface area contributed by atoms with Crippen LogP contribution in [-0.4, -0.2) is 27.3 Å². The summed E-state index contributed by atoms with van der Waals surface area (Å²) in [5, 5.41) is 7.99. The fourth-order valence-corrected chi connectivity index (χ4v) is 1.98. The van der Waals surface area contributed by atoms with Gasteiger partial charge in [0.2, 0.25) is 10.0 Å². The van der Waals surface area contributed by atoms with Gasteiger partial charge in [0.1, 0.15) is 5.75 Å². The van der Waals surface area contributed by atoms with E-state index in [1.165, 1.54) is 0 Å². The van der Waals surface area contributed by atoms with Gasteiger partial charge in [-0.05, 0) is 25.5 Å². The number of nitrogens with two attached hydrogens (primary N) is 2. The summed E-state index contributed by atoms with van der Waals surface area (Å²) in [4.78, 5) is 0. The smallest absolute Gasteiger partial charge is 0.209 e. The first-order valence-corrected chi connectivity index (χ1v) is 7.40. The quantitative estimate of drug-likeness (QED) is 0.502. The van der Waals surface area contributed by atoms with Gasteiger partial charge in [0.15, 0.2) is 0 Å². The van der Waals surface area contributed by atoms with Crippen LogP contribution in [0.4, 0.5) is 11.4 Å². The van der Waals surface area contributed by atoms with Crippen LogP contribution in [0.15, 0.2) is 18.2 Å². The third-order valence-electron chi connectivity index (χ3n) is 2.25. The Morgan fingerprint density at radius 3 is 2.72 bits per heavy atom. The predicted molar refractivity (Wildman–Crippen MR) is 73.1 cm³/mol. The minimum absolute atomic E-state index is 0.0344. The van der Waals surface area contributed by atoms with Crippen molar-refractivity contribution < 1.29 is 13.2 Å². The first kappa shape index (κ1) is 14.6. The molecule has 18 heavy (non-hydrogen) atoms. The van der Waals surface area contributed by atoms with Crippen molar-refractivity contribution >= 4 is 21.4 Å². The summed E-state index contributed by atoms with van der Waals surface area (Å²) in [5.41, 5.74) is 7.15. The maximum Gasteiger partial charge on any atom is 0.209 e. The number of sulfonamides is 1. The van der Waals surface area contributed by atoms with E-state index in [0.29, 0.717) is 31.0 Å². The number of nitrogens with one attached hydrogen (secondary N) is 1. The highest BCUT2D eigenvalue weighted by atomic mass is 32.2. The van der Waals surface area contributed by atoms with E-state index in [1.54, 1.807) is 12.1 Å². The van der Waals surface area contributed by atoms with Crippen LogP contribution in [0.3, 0.4) is 0 Å². The molecule has 102 valence electrons. The SMILES string of the molecule is CCOc1cc(NCCCS(N)(=O)=O)ccc1N. The van der Waals surface area contributed by atoms with Crippen LogP contribution >= 0.6 is 0 Å². The zero-order chi connectivity index (χ0) is 13.6. The lowest BCUT2D eigenvalue weighted by Crippen LogP contribution is -2.18. The number of benzene rings is 1. The zero-order valence-corrected chi connectivity index (χ0v) is 11.2. The zero-order valence-electron chi connectivity index (χ0n) is 10.3. The van der Waals surface area contributed by atoms with Crippen LogP contribution in [-0.2, 0) is 10.0 Å². The Hall–Kier alpha value is -1.47. The summed E-state index contributed by atoms with van der Waals surface area (Å²) in [6.45, 7) is 2.94. The van der Waals surface area contributed by atoms with E-state index in [2.05, 4.69) is 5.32 Å². The summed E-state index contributed by atoms with van der Waals surface area (Å²) in [7, 11) is -3.39. The molecule has 0 aliphatic carbocycles. The van der Waals surface area contributed by atoms with E-state index < -0.39 is 10.0 Å². The molecule has 0 saturated carbocycles. The van der Waals surface area contributed by atoms with E-state index in [4.69, 9.17) is 15.6 Å². The van der Waals surface area contributed by atoms with Gasteiger partial charge in [-0.1, -0.05) is 0 Å². The normalized spacial score (nSPS) is 11.2. The molecule has 0 radical (unpaired) electrons. The van der Waals surface area contributed by atoms with E-state index in [9.17, 15) is 8.42 Å². The standard InChI is InChI=1S/C11H19N3O3S/c1-2-17-11-8-9(4-5-10(11)12)14-6-3-7-18(13,15)16/h4-5,8,14H,2-3,6-7,12H2,1H3,(H2,13,15,16). The van der Waals surface area contributed by atoms with Crippen molar-refractivity contribution in [1.29, 1.82) is 0 Å². The maximum atomic E-state index is 10.7. The lowest BCUT2D eigenvalue weighted by atomic mass is 10.2. The van der Waals surface area contributed by atoms with Gasteiger partial charge >= 0.3 is 0 Å². The third-order valence-corrected chi connectivity index (χ3v) is 3.11. The highest BCUT2D eigenvalue weighted by Crippen LogP contribution is 2.25. The average Bonchev–Trinajstić information content (AvgIpc) is 2.28. The monoisotopic (exact) mass is 273 g/mol. The van der Waals surface area contributed by atoms with Crippen LogP contribution in [0.5, 0.6) is 5.75 Å². The fourth-order valence-electron chi connectivity index (χ4n) is 1.43. The molecular weight excluding hydrogens is 254 g/mol. The number of ether oxygens (including phenoxy) is 1. The van der Waals surface area contributed by atoms with Crippen molar-refractivity contribution in [3.63, 3.8) is 0 Å². The van der Waals surface area contributed by atoms with Crippen LogP contribution in [0.2, 0.25) is 0 Å². The Morgan fingerprint density at radius 1 is 1.39 bits per heavy atom. The second kappa shape index (κ2) is 6.46. The predicted octanol–water partition coefficient (Wildman–Crippen LogP) is 0.758. The van der Waals surface area contributed by atoms with Crippen LogP contribution in [0, 0.1) is 0 Å². The van der Waals surface area contributed by atoms with E-state index >= 15 is 0 Å². The Labute approximate surface area is 107 Å². The molecule has 0 atom stereocenters. The molecule has 0 aliphatic rings. The molecule has 1 rings (SSSR count). The summed E-state index contributed by atoms with van der Waals surface area (Å²) >= 11 is 0. The molecule has 5 N–H and O–H groups in total. The van der Waals surface area contributed by atoms with Gasteiger partial charge in [-0.25, -0.2) is 13.6 Å². The van der Waals surface area contributed by atoms with E-state index in [0.717, 1.165) is 5.69 Å². The van der Waals surface area contributed by atoms with Crippen molar-refractivity contribution in [2.75, 3.05) is 30.0 Å². The lowest BCUT2D eigenvalue weighted by molar-refractivity contribution is 0.342. The summed E-state index contributed by atoms with van der Waals surface area (Å²) < 4.78 is 26.8. The average molecular weight is 273 g/mol. The van der Waals surface area contributed by atoms with Crippen LogP contribution in [0.25, 0.3) is 0 Å². The van der Waals surface area contributed by atoms with Crippen molar-refractivity contribution in [2.24, 2.45) is 5.14 Å². The highest BCUT2D eigenvalue weighted by molar-refractivity contribution is 7.89. The second-order valence-corrected chi connectivity index (χ2v) is 5.57. The van der Waals surface area contributed by atoms with Crippen LogP contribution in [0.1, 0.15) is 13.3 Å². The fraction of sp³-hybridized carbons (Fsp3) is 0.455. The molecule has 0 amide bonds. The number of nitrogen functional groups attached to an aromatic ring is 1. The minimum atomic E-state index is -3.39. The van der Waals surface area contributed by atoms with Gasteiger partial charge in [0.05, 0.1) is 18.0 Å². The van der Waals surface area contributed by atoms with E-state index in [1.807, 2.05) is 13.0 Å². The molecule has 0 fully saturated rings. The second-order valence-electron chi connectivity index (χ2n) is 3.83. The molecule has 1 aromatic carbocycles. The Bertz CT molecular complexity index is 488. The van der Waals surface area contributed by atoms with Crippen molar-refractivity contribution in [3.8, 4) is 5.75 Å². The largest absolute Gasteiger partial charge is 0.492 e. The lowest BCUT2D eigenvalue weighted by Gasteiger charge is -2.10. The first-order chi connectivity index (χ1) is 8.42. The molecule has 0 unspecified atom stereocenters. The Kier molecular flexibility index (Phi) is 5.24. The molecule has 0 spiro atoms. The number of primary sulfonamides is 1. The van der Waals surface area contributed by atoms with Gasteiger partial charge in [-0.3, -0.25) is 0 Å². The summed E-state index contributed by atoms with van der Waals surface area (Å²) in [5.74, 6) is 0.585. The number of hydrogen-bond donors (Lipinski definition) is 3. The molecule has 0 saturated heterocycles. The topological polar surface area (TPSA) is 107 Å². The Morgan fingerprint density at radius 2 is 2.11 bits per heavy atom. The molecule has 0 bridgehead atoms. The van der Waals surface area contributed by atoms with Gasteiger partial charge in [-0.2, -0.15) is 0 Å². The molecule has 0 aromatic heterocycles. The number of hydrogen-bond acceptors (Lipinski definition) is 5. The molecule has 0 aliphatic heterocycles. The molecule has 1 aromatic rings. The summed E-state index contributed by atoms with van der Waals surface area (Å²) in [6.07, 6.45) is 0.452. The highest BCUT2D eigenvalue weighted by Gasteiger charge is 2.03. The Balaban J connectivity index is 2.50. The molecular formula is C11H19N3O3S. The van der Waals surface area contributed by atoms with Crippen molar-refractivity contribution in [1.82, 2.24) is 0 Å².